The van der Waals surface area contributed by atoms with Crippen molar-refractivity contribution in [3.05, 3.63) is 23.5 Å². The van der Waals surface area contributed by atoms with E-state index in [-0.39, 0.29) is 0 Å². The largest absolute Gasteiger partial charge is 0.388 e. The molecule has 22 heavy (non-hydrogen) atoms. The number of anilines is 1. The van der Waals surface area contributed by atoms with Gasteiger partial charge in [-0.2, -0.15) is 0 Å². The van der Waals surface area contributed by atoms with Crippen LogP contribution in [0.1, 0.15) is 43.5 Å². The summed E-state index contributed by atoms with van der Waals surface area (Å²) in [5.74, 6) is 0.608. The third-order valence-corrected chi connectivity index (χ3v) is 5.42. The van der Waals surface area contributed by atoms with Crippen LogP contribution >= 0.6 is 0 Å². The second-order valence-electron chi connectivity index (χ2n) is 6.82. The Labute approximate surface area is 134 Å². The molecule has 0 aliphatic carbocycles. The molecule has 0 bridgehead atoms. The molecule has 0 aromatic carbocycles. The molecule has 2 aliphatic rings. The van der Waals surface area contributed by atoms with E-state index in [2.05, 4.69) is 41.1 Å². The van der Waals surface area contributed by atoms with E-state index < -0.39 is 0 Å². The molecule has 0 spiro atoms. The Hall–Kier alpha value is -1.13. The molecule has 0 unspecified atom stereocenters. The number of rotatable bonds is 4. The fourth-order valence-corrected chi connectivity index (χ4v) is 4.01. The zero-order valence-electron chi connectivity index (χ0n) is 14.3. The highest BCUT2D eigenvalue weighted by molar-refractivity contribution is 5.45. The minimum Gasteiger partial charge on any atom is -0.388 e. The van der Waals surface area contributed by atoms with Crippen LogP contribution in [0.5, 0.6) is 0 Å². The van der Waals surface area contributed by atoms with Crippen molar-refractivity contribution in [2.24, 2.45) is 0 Å². The van der Waals surface area contributed by atoms with Gasteiger partial charge in [0.05, 0.1) is 0 Å². The zero-order valence-corrected chi connectivity index (χ0v) is 14.3. The Kier molecular flexibility index (Phi) is 4.99. The normalized spacial score (nSPS) is 24.8. The molecule has 1 aromatic heterocycles. The van der Waals surface area contributed by atoms with Gasteiger partial charge in [-0.05, 0) is 64.5 Å². The van der Waals surface area contributed by atoms with Gasteiger partial charge in [0.1, 0.15) is 0 Å². The van der Waals surface area contributed by atoms with Gasteiger partial charge in [-0.15, -0.1) is 0 Å². The van der Waals surface area contributed by atoms with E-state index in [0.29, 0.717) is 5.92 Å². The molecule has 0 radical (unpaired) electrons. The summed E-state index contributed by atoms with van der Waals surface area (Å²) in [5, 5.41) is 3.26. The van der Waals surface area contributed by atoms with E-state index in [1.54, 1.807) is 0 Å². The number of hydrogen-bond donors (Lipinski definition) is 1. The molecular formula is C18H30N4. The average molecular weight is 302 g/mol. The van der Waals surface area contributed by atoms with E-state index in [1.807, 2.05) is 7.05 Å². The van der Waals surface area contributed by atoms with Crippen molar-refractivity contribution < 1.29 is 0 Å². The van der Waals surface area contributed by atoms with Gasteiger partial charge < -0.3 is 10.2 Å². The van der Waals surface area contributed by atoms with E-state index >= 15 is 0 Å². The molecule has 1 aromatic rings. The number of pyridine rings is 1. The van der Waals surface area contributed by atoms with Crippen LogP contribution in [0.15, 0.2) is 12.1 Å². The van der Waals surface area contributed by atoms with Crippen molar-refractivity contribution in [2.45, 2.75) is 45.1 Å². The highest BCUT2D eigenvalue weighted by atomic mass is 15.2. The van der Waals surface area contributed by atoms with Crippen molar-refractivity contribution in [3.63, 3.8) is 0 Å². The van der Waals surface area contributed by atoms with Gasteiger partial charge in [0.15, 0.2) is 0 Å². The highest BCUT2D eigenvalue weighted by Crippen LogP contribution is 2.31. The minimum atomic E-state index is 0.608. The van der Waals surface area contributed by atoms with Crippen molar-refractivity contribution in [1.82, 2.24) is 14.8 Å². The van der Waals surface area contributed by atoms with Crippen LogP contribution in [0.3, 0.4) is 0 Å². The molecule has 1 atom stereocenters. The molecule has 2 fully saturated rings. The van der Waals surface area contributed by atoms with Crippen molar-refractivity contribution in [3.8, 4) is 0 Å². The monoisotopic (exact) mass is 302 g/mol. The van der Waals surface area contributed by atoms with Crippen LogP contribution < -0.4 is 5.32 Å². The predicted octanol–water partition coefficient (Wildman–Crippen LogP) is 2.71. The summed E-state index contributed by atoms with van der Waals surface area (Å²) in [6.07, 6.45) is 3.93. The minimum absolute atomic E-state index is 0.608. The summed E-state index contributed by atoms with van der Waals surface area (Å²) in [5.41, 5.74) is 3.59. The number of likely N-dealkylation sites (tertiary alicyclic amines) is 2. The van der Waals surface area contributed by atoms with Gasteiger partial charge >= 0.3 is 0 Å². The summed E-state index contributed by atoms with van der Waals surface area (Å²) < 4.78 is 0. The lowest BCUT2D eigenvalue weighted by Crippen LogP contribution is -2.43. The number of hydrogen-bond acceptors (Lipinski definition) is 4. The van der Waals surface area contributed by atoms with Crippen LogP contribution in [0, 0.1) is 6.92 Å². The summed E-state index contributed by atoms with van der Waals surface area (Å²) >= 11 is 0. The lowest BCUT2D eigenvalue weighted by molar-refractivity contribution is 0.129. The first-order valence-corrected chi connectivity index (χ1v) is 8.82. The molecule has 4 nitrogen and oxygen atoms in total. The smallest absolute Gasteiger partial charge is 0.0471 e. The molecule has 0 amide bonds. The lowest BCUT2D eigenvalue weighted by Gasteiger charge is -2.36. The molecule has 1 N–H and O–H groups in total. The standard InChI is InChI=1S/C18H30N4/c1-4-21-8-6-17(7-9-21)22-10-5-15(13-22)18-12-16(19-3)11-14(2)20-18/h11-12,15,17H,4-10,13H2,1-3H3,(H,19,20)/t15-/m1/s1. The maximum Gasteiger partial charge on any atom is 0.0471 e. The molecule has 122 valence electrons. The van der Waals surface area contributed by atoms with Gasteiger partial charge in [0, 0.05) is 42.6 Å². The number of nitrogens with one attached hydrogen (secondary N) is 1. The molecule has 3 heterocycles. The summed E-state index contributed by atoms with van der Waals surface area (Å²) in [6.45, 7) is 10.5. The van der Waals surface area contributed by atoms with E-state index in [0.717, 1.165) is 11.7 Å². The SMILES string of the molecule is CCN1CCC(N2CC[C@@H](c3cc(NC)cc(C)n3)C2)CC1. The first-order valence-electron chi connectivity index (χ1n) is 8.82. The first-order chi connectivity index (χ1) is 10.7. The molecule has 0 saturated carbocycles. The first kappa shape index (κ1) is 15.8. The highest BCUT2D eigenvalue weighted by Gasteiger charge is 2.31. The number of nitrogens with zero attached hydrogens (tertiary/aromatic N) is 3. The van der Waals surface area contributed by atoms with Crippen molar-refractivity contribution in [2.75, 3.05) is 45.1 Å². The van der Waals surface area contributed by atoms with Gasteiger partial charge in [0.2, 0.25) is 0 Å². The second kappa shape index (κ2) is 6.97. The van der Waals surface area contributed by atoms with Crippen LogP contribution in [-0.2, 0) is 0 Å². The van der Waals surface area contributed by atoms with E-state index in [9.17, 15) is 0 Å². The third-order valence-electron chi connectivity index (χ3n) is 5.42. The molecule has 3 rings (SSSR count). The van der Waals surface area contributed by atoms with E-state index in [4.69, 9.17) is 4.98 Å². The Morgan fingerprint density at radius 2 is 1.95 bits per heavy atom. The van der Waals surface area contributed by atoms with Crippen molar-refractivity contribution in [1.29, 1.82) is 0 Å². The summed E-state index contributed by atoms with van der Waals surface area (Å²) in [6, 6.07) is 5.15. The average Bonchev–Trinajstić information content (AvgIpc) is 3.04. The Morgan fingerprint density at radius 3 is 2.64 bits per heavy atom. The fraction of sp³-hybridized carbons (Fsp3) is 0.722. The molecule has 4 heteroatoms. The number of aryl methyl sites for hydroxylation is 1. The van der Waals surface area contributed by atoms with Crippen LogP contribution in [-0.4, -0.2) is 60.6 Å². The summed E-state index contributed by atoms with van der Waals surface area (Å²) in [4.78, 5) is 10.1. The van der Waals surface area contributed by atoms with Crippen molar-refractivity contribution >= 4 is 5.69 Å². The molecular weight excluding hydrogens is 272 g/mol. The fourth-order valence-electron chi connectivity index (χ4n) is 4.01. The van der Waals surface area contributed by atoms with Gasteiger partial charge in [-0.3, -0.25) is 9.88 Å². The zero-order chi connectivity index (χ0) is 15.5. The Bertz CT molecular complexity index is 494. The predicted molar refractivity (Wildman–Crippen MR) is 92.6 cm³/mol. The van der Waals surface area contributed by atoms with Crippen LogP contribution in [0.4, 0.5) is 5.69 Å². The topological polar surface area (TPSA) is 31.4 Å². The second-order valence-corrected chi connectivity index (χ2v) is 6.82. The van der Waals surface area contributed by atoms with E-state index in [1.165, 1.54) is 63.4 Å². The number of piperidine rings is 1. The summed E-state index contributed by atoms with van der Waals surface area (Å²) in [7, 11) is 1.99. The maximum atomic E-state index is 4.79. The third kappa shape index (κ3) is 3.44. The van der Waals surface area contributed by atoms with Crippen LogP contribution in [0.25, 0.3) is 0 Å². The Balaban J connectivity index is 1.61. The number of aromatic nitrogens is 1. The van der Waals surface area contributed by atoms with Gasteiger partial charge in [0.25, 0.3) is 0 Å². The van der Waals surface area contributed by atoms with Gasteiger partial charge in [-0.1, -0.05) is 6.92 Å². The maximum absolute atomic E-state index is 4.79. The van der Waals surface area contributed by atoms with Gasteiger partial charge in [-0.25, -0.2) is 0 Å². The molecule has 2 aliphatic heterocycles. The quantitative estimate of drug-likeness (QED) is 0.926. The Morgan fingerprint density at radius 1 is 1.18 bits per heavy atom. The lowest BCUT2D eigenvalue weighted by atomic mass is 10.0. The van der Waals surface area contributed by atoms with Crippen LogP contribution in [0.2, 0.25) is 0 Å². The molecule has 2 saturated heterocycles.